The second kappa shape index (κ2) is 8.96. The number of nitrogens with zero attached hydrogens (tertiary/aromatic N) is 2. The number of nitrogens with one attached hydrogen (secondary N) is 1. The topological polar surface area (TPSA) is 18.5 Å². The van der Waals surface area contributed by atoms with E-state index in [9.17, 15) is 0 Å². The minimum absolute atomic E-state index is 0.598. The van der Waals surface area contributed by atoms with Crippen LogP contribution in [0.15, 0.2) is 91.0 Å². The Morgan fingerprint density at radius 3 is 1.44 bits per heavy atom. The lowest BCUT2D eigenvalue weighted by molar-refractivity contribution is -0.0540. The van der Waals surface area contributed by atoms with Gasteiger partial charge in [-0.3, -0.25) is 0 Å². The zero-order valence-corrected chi connectivity index (χ0v) is 15.7. The first-order chi connectivity index (χ1) is 13.3. The van der Waals surface area contributed by atoms with E-state index in [-0.39, 0.29) is 0 Å². The van der Waals surface area contributed by atoms with Crippen molar-refractivity contribution in [2.45, 2.75) is 19.5 Å². The lowest BCUT2D eigenvalue weighted by Gasteiger charge is -2.41. The van der Waals surface area contributed by atoms with Gasteiger partial charge < -0.3 is 0 Å². The molecule has 138 valence electrons. The van der Waals surface area contributed by atoms with Crippen molar-refractivity contribution < 1.29 is 0 Å². The Bertz CT molecular complexity index is 686. The summed E-state index contributed by atoms with van der Waals surface area (Å²) in [6.07, 6.45) is 1.11. The van der Waals surface area contributed by atoms with Crippen molar-refractivity contribution >= 4 is 0 Å². The fraction of sp³-hybridized carbons (Fsp3) is 0.250. The molecule has 1 aliphatic heterocycles. The summed E-state index contributed by atoms with van der Waals surface area (Å²) < 4.78 is 0. The molecule has 4 rings (SSSR count). The van der Waals surface area contributed by atoms with E-state index < -0.39 is 0 Å². The van der Waals surface area contributed by atoms with Crippen molar-refractivity contribution in [3.8, 4) is 0 Å². The molecular weight excluding hydrogens is 330 g/mol. The predicted molar refractivity (Wildman–Crippen MR) is 110 cm³/mol. The highest BCUT2D eigenvalue weighted by Crippen LogP contribution is 2.18. The number of hydrogen-bond acceptors (Lipinski definition) is 3. The summed E-state index contributed by atoms with van der Waals surface area (Å²) in [5.41, 5.74) is 7.73. The molecule has 1 N–H and O–H groups in total. The molecule has 0 spiro atoms. The van der Waals surface area contributed by atoms with Crippen LogP contribution in [-0.2, 0) is 19.5 Å². The molecule has 0 bridgehead atoms. The Balaban J connectivity index is 1.47. The van der Waals surface area contributed by atoms with Crippen LogP contribution in [0.1, 0.15) is 16.7 Å². The second-order valence-corrected chi connectivity index (χ2v) is 7.39. The van der Waals surface area contributed by atoms with Gasteiger partial charge in [-0.15, -0.1) is 0 Å². The van der Waals surface area contributed by atoms with Crippen LogP contribution in [0, 0.1) is 5.92 Å². The van der Waals surface area contributed by atoms with Crippen LogP contribution in [0.2, 0.25) is 0 Å². The summed E-state index contributed by atoms with van der Waals surface area (Å²) in [6, 6.07) is 32.3. The van der Waals surface area contributed by atoms with Gasteiger partial charge in [0.1, 0.15) is 0 Å². The van der Waals surface area contributed by atoms with E-state index in [4.69, 9.17) is 0 Å². The van der Waals surface area contributed by atoms with Crippen LogP contribution in [0.3, 0.4) is 0 Å². The number of benzene rings is 3. The minimum Gasteiger partial charge on any atom is -0.226 e. The molecule has 1 heterocycles. The van der Waals surface area contributed by atoms with Gasteiger partial charge in [-0.05, 0) is 29.0 Å². The van der Waals surface area contributed by atoms with Gasteiger partial charge in [0, 0.05) is 26.2 Å². The molecule has 0 radical (unpaired) electrons. The molecule has 0 aliphatic carbocycles. The molecular formula is C24H27N3. The summed E-state index contributed by atoms with van der Waals surface area (Å²) >= 11 is 0. The highest BCUT2D eigenvalue weighted by atomic mass is 15.8. The molecule has 0 saturated carbocycles. The highest BCUT2D eigenvalue weighted by Gasteiger charge is 2.25. The molecule has 3 nitrogen and oxygen atoms in total. The largest absolute Gasteiger partial charge is 0.226 e. The van der Waals surface area contributed by atoms with E-state index in [1.165, 1.54) is 16.7 Å². The third-order valence-electron chi connectivity index (χ3n) is 5.04. The van der Waals surface area contributed by atoms with E-state index in [2.05, 4.69) is 107 Å². The first-order valence-corrected chi connectivity index (χ1v) is 9.73. The lowest BCUT2D eigenvalue weighted by Crippen LogP contribution is -2.58. The van der Waals surface area contributed by atoms with E-state index >= 15 is 0 Å². The molecule has 27 heavy (non-hydrogen) atoms. The normalized spacial score (nSPS) is 16.4. The van der Waals surface area contributed by atoms with Crippen LogP contribution >= 0.6 is 0 Å². The maximum atomic E-state index is 3.63. The highest BCUT2D eigenvalue weighted by molar-refractivity contribution is 5.17. The summed E-state index contributed by atoms with van der Waals surface area (Å²) in [4.78, 5) is 0. The van der Waals surface area contributed by atoms with Crippen molar-refractivity contribution in [2.24, 2.45) is 5.92 Å². The molecule has 3 aromatic carbocycles. The maximum Gasteiger partial charge on any atom is 0.0395 e. The van der Waals surface area contributed by atoms with Crippen LogP contribution in [0.25, 0.3) is 0 Å². The van der Waals surface area contributed by atoms with Crippen molar-refractivity contribution in [2.75, 3.05) is 13.1 Å². The number of hydrazine groups is 2. The van der Waals surface area contributed by atoms with Crippen LogP contribution in [0.5, 0.6) is 0 Å². The maximum absolute atomic E-state index is 3.63. The average Bonchev–Trinajstić information content (AvgIpc) is 2.70. The average molecular weight is 358 g/mol. The summed E-state index contributed by atoms with van der Waals surface area (Å²) in [7, 11) is 0. The predicted octanol–water partition coefficient (Wildman–Crippen LogP) is 4.28. The van der Waals surface area contributed by atoms with E-state index in [1.807, 2.05) is 0 Å². The van der Waals surface area contributed by atoms with Crippen LogP contribution in [0.4, 0.5) is 0 Å². The van der Waals surface area contributed by atoms with Crippen LogP contribution in [-0.4, -0.2) is 23.1 Å². The molecule has 1 saturated heterocycles. The van der Waals surface area contributed by atoms with Gasteiger partial charge in [-0.1, -0.05) is 91.0 Å². The van der Waals surface area contributed by atoms with Gasteiger partial charge in [0.2, 0.25) is 0 Å². The first kappa shape index (κ1) is 17.9. The van der Waals surface area contributed by atoms with E-state index in [0.717, 1.165) is 32.6 Å². The van der Waals surface area contributed by atoms with Gasteiger partial charge in [0.05, 0.1) is 0 Å². The van der Waals surface area contributed by atoms with E-state index in [0.29, 0.717) is 5.92 Å². The van der Waals surface area contributed by atoms with Crippen molar-refractivity contribution in [3.63, 3.8) is 0 Å². The molecule has 0 unspecified atom stereocenters. The lowest BCUT2D eigenvalue weighted by atomic mass is 9.97. The third kappa shape index (κ3) is 5.27. The van der Waals surface area contributed by atoms with Crippen LogP contribution < -0.4 is 5.53 Å². The Morgan fingerprint density at radius 1 is 0.593 bits per heavy atom. The van der Waals surface area contributed by atoms with Gasteiger partial charge in [0.25, 0.3) is 0 Å². The van der Waals surface area contributed by atoms with Crippen molar-refractivity contribution in [1.82, 2.24) is 15.6 Å². The zero-order valence-electron chi connectivity index (χ0n) is 15.7. The molecule has 0 amide bonds. The van der Waals surface area contributed by atoms with Gasteiger partial charge >= 0.3 is 0 Å². The van der Waals surface area contributed by atoms with E-state index in [1.54, 1.807) is 0 Å². The van der Waals surface area contributed by atoms with Gasteiger partial charge in [-0.25, -0.2) is 10.0 Å². The molecule has 0 atom stereocenters. The fourth-order valence-electron chi connectivity index (χ4n) is 3.85. The molecule has 1 aliphatic rings. The van der Waals surface area contributed by atoms with Gasteiger partial charge in [0.15, 0.2) is 0 Å². The summed E-state index contributed by atoms with van der Waals surface area (Å²) in [6.45, 7) is 3.93. The van der Waals surface area contributed by atoms with Crippen molar-refractivity contribution in [3.05, 3.63) is 108 Å². The third-order valence-corrected chi connectivity index (χ3v) is 5.04. The van der Waals surface area contributed by atoms with Crippen molar-refractivity contribution in [1.29, 1.82) is 0 Å². The monoisotopic (exact) mass is 357 g/mol. The fourth-order valence-corrected chi connectivity index (χ4v) is 3.85. The molecule has 3 heteroatoms. The number of hydrogen-bond donors (Lipinski definition) is 1. The summed E-state index contributed by atoms with van der Waals surface area (Å²) in [5.74, 6) is 0.598. The molecule has 0 aromatic heterocycles. The molecule has 3 aromatic rings. The van der Waals surface area contributed by atoms with Gasteiger partial charge in [-0.2, -0.15) is 5.53 Å². The molecule has 1 fully saturated rings. The second-order valence-electron chi connectivity index (χ2n) is 7.39. The first-order valence-electron chi connectivity index (χ1n) is 9.73. The Labute approximate surface area is 162 Å². The minimum atomic E-state index is 0.598. The SMILES string of the molecule is c1ccc(CC2CN(Cc3ccccc3)NN(Cc3ccccc3)C2)cc1. The quantitative estimate of drug-likeness (QED) is 0.710. The smallest absolute Gasteiger partial charge is 0.0395 e. The summed E-state index contributed by atoms with van der Waals surface area (Å²) in [5, 5.41) is 4.71. The Hall–Kier alpha value is -2.46. The zero-order chi connectivity index (χ0) is 18.3. The number of rotatable bonds is 6. The Morgan fingerprint density at radius 2 is 1.00 bits per heavy atom. The standard InChI is InChI=1S/C24H27N3/c1-4-10-21(11-5-1)16-24-19-26(17-22-12-6-2-7-13-22)25-27(20-24)18-23-14-8-3-9-15-23/h1-15,24-25H,16-20H2. The Kier molecular flexibility index (Phi) is 5.95.